The first kappa shape index (κ1) is 38.6. The molecule has 3 atom stereocenters. The standard InChI is InChI=1S/C33H42.C9H14.C2H6/c1-4-16-28(5-2)20-15-21-29-18-7-6-8-25-32-30(23-12-10-19-29)22-11-9-17-27(3)31-24-13-14-26-33(31)32;1-5-7-9(6-2)8(3)4;1-2/h4-8,10-12,14,16,19,22-23,25-26,29-30,32H,3,9,13,15,17-18,20-21,24H2,1-2H3;5-7H,2H2,1,3-4H3;1-2H3/b7-6+,16-4-,19-10-,22-11-,23-12-,25-8+,28-5+;7-5-;. The number of allylic oxidation sites excluding steroid dienone is 24. The van der Waals surface area contributed by atoms with Gasteiger partial charge in [0.25, 0.3) is 0 Å². The lowest BCUT2D eigenvalue weighted by atomic mass is 9.78. The van der Waals surface area contributed by atoms with Crippen molar-refractivity contribution in [2.24, 2.45) is 17.8 Å². The van der Waals surface area contributed by atoms with Crippen LogP contribution in [0.2, 0.25) is 0 Å². The van der Waals surface area contributed by atoms with E-state index in [-0.39, 0.29) is 0 Å². The van der Waals surface area contributed by atoms with Crippen LogP contribution < -0.4 is 0 Å². The van der Waals surface area contributed by atoms with Crippen molar-refractivity contribution in [2.45, 2.75) is 99.8 Å². The van der Waals surface area contributed by atoms with E-state index in [2.05, 4.69) is 138 Å². The molecule has 0 aromatic carbocycles. The van der Waals surface area contributed by atoms with Gasteiger partial charge in [-0.1, -0.05) is 153 Å². The molecule has 238 valence electrons. The zero-order valence-electron chi connectivity index (χ0n) is 29.2. The Morgan fingerprint density at radius 1 is 0.841 bits per heavy atom. The minimum atomic E-state index is 0.359. The molecule has 0 saturated carbocycles. The molecule has 0 heterocycles. The van der Waals surface area contributed by atoms with Crippen LogP contribution in [0.3, 0.4) is 0 Å². The highest BCUT2D eigenvalue weighted by Gasteiger charge is 2.23. The summed E-state index contributed by atoms with van der Waals surface area (Å²) in [7, 11) is 0. The largest absolute Gasteiger partial charge is 0.0985 e. The molecule has 0 heteroatoms. The van der Waals surface area contributed by atoms with Crippen molar-refractivity contribution in [2.75, 3.05) is 0 Å². The third-order valence-electron chi connectivity index (χ3n) is 8.15. The lowest BCUT2D eigenvalue weighted by Gasteiger charge is -2.26. The van der Waals surface area contributed by atoms with Gasteiger partial charge < -0.3 is 0 Å². The molecule has 3 aliphatic rings. The fourth-order valence-corrected chi connectivity index (χ4v) is 5.73. The highest BCUT2D eigenvalue weighted by molar-refractivity contribution is 5.46. The Labute approximate surface area is 272 Å². The van der Waals surface area contributed by atoms with Crippen LogP contribution in [0, 0.1) is 17.8 Å². The maximum atomic E-state index is 4.44. The molecule has 44 heavy (non-hydrogen) atoms. The van der Waals surface area contributed by atoms with Gasteiger partial charge in [0.05, 0.1) is 0 Å². The average molecular weight is 591 g/mol. The fourth-order valence-electron chi connectivity index (χ4n) is 5.73. The van der Waals surface area contributed by atoms with Gasteiger partial charge in [0.2, 0.25) is 0 Å². The van der Waals surface area contributed by atoms with Crippen LogP contribution in [0.15, 0.2) is 156 Å². The maximum absolute atomic E-state index is 4.44. The third kappa shape index (κ3) is 14.4. The molecule has 0 N–H and O–H groups in total. The van der Waals surface area contributed by atoms with Crippen LogP contribution in [-0.4, -0.2) is 0 Å². The summed E-state index contributed by atoms with van der Waals surface area (Å²) in [4.78, 5) is 0. The summed E-state index contributed by atoms with van der Waals surface area (Å²) in [6.45, 7) is 22.5. The van der Waals surface area contributed by atoms with Crippen LogP contribution in [-0.2, 0) is 0 Å². The zero-order valence-corrected chi connectivity index (χ0v) is 29.2. The van der Waals surface area contributed by atoms with Gasteiger partial charge >= 0.3 is 0 Å². The highest BCUT2D eigenvalue weighted by atomic mass is 14.3. The molecule has 0 radical (unpaired) electrons. The molecular weight excluding hydrogens is 528 g/mol. The molecule has 0 nitrogen and oxygen atoms in total. The van der Waals surface area contributed by atoms with Crippen LogP contribution >= 0.6 is 0 Å². The van der Waals surface area contributed by atoms with Crippen molar-refractivity contribution in [3.05, 3.63) is 156 Å². The van der Waals surface area contributed by atoms with Crippen LogP contribution in [0.1, 0.15) is 99.8 Å². The fraction of sp³-hybridized carbons (Fsp3) is 0.409. The van der Waals surface area contributed by atoms with E-state index in [0.717, 1.165) is 38.5 Å². The molecule has 3 unspecified atom stereocenters. The normalized spacial score (nSPS) is 25.6. The molecular formula is C44H62. The van der Waals surface area contributed by atoms with Gasteiger partial charge in [-0.25, -0.2) is 0 Å². The molecule has 0 fully saturated rings. The molecule has 0 aromatic rings. The van der Waals surface area contributed by atoms with Gasteiger partial charge in [0, 0.05) is 11.8 Å². The number of fused-ring (bicyclic) bond motifs is 2. The van der Waals surface area contributed by atoms with Crippen molar-refractivity contribution in [1.82, 2.24) is 0 Å². The van der Waals surface area contributed by atoms with Crippen molar-refractivity contribution < 1.29 is 0 Å². The summed E-state index contributed by atoms with van der Waals surface area (Å²) in [5.41, 5.74) is 8.27. The maximum Gasteiger partial charge on any atom is 0.0121 e. The van der Waals surface area contributed by atoms with Crippen LogP contribution in [0.4, 0.5) is 0 Å². The third-order valence-corrected chi connectivity index (χ3v) is 8.15. The van der Waals surface area contributed by atoms with Crippen molar-refractivity contribution >= 4 is 0 Å². The summed E-state index contributed by atoms with van der Waals surface area (Å²) in [5.74, 6) is 1.32. The second-order valence-electron chi connectivity index (χ2n) is 11.5. The van der Waals surface area contributed by atoms with E-state index in [0.29, 0.717) is 17.8 Å². The van der Waals surface area contributed by atoms with Gasteiger partial charge in [-0.15, -0.1) is 0 Å². The van der Waals surface area contributed by atoms with Gasteiger partial charge in [-0.2, -0.15) is 0 Å². The highest BCUT2D eigenvalue weighted by Crippen LogP contribution is 2.37. The second kappa shape index (κ2) is 24.0. The van der Waals surface area contributed by atoms with Gasteiger partial charge in [-0.3, -0.25) is 0 Å². The molecule has 0 bridgehead atoms. The minimum Gasteiger partial charge on any atom is -0.0985 e. The van der Waals surface area contributed by atoms with E-state index in [1.165, 1.54) is 46.3 Å². The van der Waals surface area contributed by atoms with Crippen molar-refractivity contribution in [3.8, 4) is 0 Å². The minimum absolute atomic E-state index is 0.359. The van der Waals surface area contributed by atoms with Crippen LogP contribution in [0.5, 0.6) is 0 Å². The molecule has 0 amide bonds. The van der Waals surface area contributed by atoms with E-state index < -0.39 is 0 Å². The Hall–Kier alpha value is -3.38. The van der Waals surface area contributed by atoms with E-state index in [1.807, 2.05) is 32.9 Å². The molecule has 3 rings (SSSR count). The first-order valence-corrected chi connectivity index (χ1v) is 17.1. The van der Waals surface area contributed by atoms with E-state index in [1.54, 1.807) is 0 Å². The summed E-state index contributed by atoms with van der Waals surface area (Å²) in [5, 5.41) is 0. The first-order valence-electron chi connectivity index (χ1n) is 17.1. The quantitative estimate of drug-likeness (QED) is 0.204. The predicted molar refractivity (Wildman–Crippen MR) is 202 cm³/mol. The van der Waals surface area contributed by atoms with Crippen LogP contribution in [0.25, 0.3) is 0 Å². The second-order valence-corrected chi connectivity index (χ2v) is 11.5. The Morgan fingerprint density at radius 3 is 2.20 bits per heavy atom. The van der Waals surface area contributed by atoms with Gasteiger partial charge in [-0.05, 0) is 109 Å². The molecule has 0 saturated heterocycles. The zero-order chi connectivity index (χ0) is 32.6. The molecule has 0 aliphatic heterocycles. The number of rotatable bonds is 7. The predicted octanol–water partition coefficient (Wildman–Crippen LogP) is 13.8. The average Bonchev–Trinajstić information content (AvgIpc) is 3.09. The first-order chi connectivity index (χ1) is 21.4. The van der Waals surface area contributed by atoms with E-state index in [4.69, 9.17) is 0 Å². The van der Waals surface area contributed by atoms with E-state index in [9.17, 15) is 0 Å². The van der Waals surface area contributed by atoms with Gasteiger partial charge in [0.15, 0.2) is 0 Å². The molecule has 0 spiro atoms. The Balaban J connectivity index is 0.000000756. The SMILES string of the molecule is C=C1CC/C=C\C2/C=C\C=C/C(CCCC(/C=C\C)=C/C)C/C=C/C=C/C2C2=C1CCC=C2.C=CC(/C=C\C)=C(C)C.CC. The Morgan fingerprint density at radius 2 is 1.55 bits per heavy atom. The summed E-state index contributed by atoms with van der Waals surface area (Å²) >= 11 is 0. The Kier molecular flexibility index (Phi) is 21.1. The topological polar surface area (TPSA) is 0 Å². The van der Waals surface area contributed by atoms with Gasteiger partial charge in [0.1, 0.15) is 0 Å². The number of hydrogen-bond acceptors (Lipinski definition) is 0. The summed E-state index contributed by atoms with van der Waals surface area (Å²) < 4.78 is 0. The smallest absolute Gasteiger partial charge is 0.0121 e. The summed E-state index contributed by atoms with van der Waals surface area (Å²) in [6.07, 6.45) is 49.9. The molecule has 0 aromatic heterocycles. The van der Waals surface area contributed by atoms with Crippen molar-refractivity contribution in [3.63, 3.8) is 0 Å². The van der Waals surface area contributed by atoms with Crippen molar-refractivity contribution in [1.29, 1.82) is 0 Å². The lowest BCUT2D eigenvalue weighted by Crippen LogP contribution is -2.14. The monoisotopic (exact) mass is 590 g/mol. The van der Waals surface area contributed by atoms with E-state index >= 15 is 0 Å². The summed E-state index contributed by atoms with van der Waals surface area (Å²) in [6, 6.07) is 0. The number of hydrogen-bond donors (Lipinski definition) is 0. The lowest BCUT2D eigenvalue weighted by molar-refractivity contribution is 0.567. The molecule has 3 aliphatic carbocycles. The Bertz CT molecular complexity index is 1200.